The maximum atomic E-state index is 5.76. The van der Waals surface area contributed by atoms with E-state index in [0.717, 1.165) is 24.5 Å². The topological polar surface area (TPSA) is 47.3 Å². The Hall–Kier alpha value is -1.22. The van der Waals surface area contributed by atoms with Gasteiger partial charge < -0.3 is 15.8 Å². The Balaban J connectivity index is 1.64. The summed E-state index contributed by atoms with van der Waals surface area (Å²) in [6.45, 7) is 1.62. The fraction of sp³-hybridized carbons (Fsp3) is 0.538. The maximum Gasteiger partial charge on any atom is 0.0642 e. The Morgan fingerprint density at radius 2 is 2.12 bits per heavy atom. The van der Waals surface area contributed by atoms with E-state index in [0.29, 0.717) is 6.10 Å². The van der Waals surface area contributed by atoms with Crippen LogP contribution in [-0.4, -0.2) is 19.3 Å². The van der Waals surface area contributed by atoms with Crippen molar-refractivity contribution in [2.45, 2.75) is 31.8 Å². The summed E-state index contributed by atoms with van der Waals surface area (Å²) in [5.74, 6) is 0. The first-order chi connectivity index (χ1) is 7.84. The van der Waals surface area contributed by atoms with E-state index >= 15 is 0 Å². The Kier molecular flexibility index (Phi) is 4.05. The molecule has 1 aliphatic carbocycles. The largest absolute Gasteiger partial charge is 0.399 e. The number of hydrogen-bond donors (Lipinski definition) is 2. The molecule has 1 aliphatic rings. The van der Waals surface area contributed by atoms with Crippen molar-refractivity contribution in [2.24, 2.45) is 0 Å². The summed E-state index contributed by atoms with van der Waals surface area (Å²) in [5.41, 5.74) is 7.55. The van der Waals surface area contributed by atoms with Gasteiger partial charge in [0.2, 0.25) is 0 Å². The molecule has 0 radical (unpaired) electrons. The van der Waals surface area contributed by atoms with Gasteiger partial charge in [-0.15, -0.1) is 0 Å². The van der Waals surface area contributed by atoms with E-state index in [4.69, 9.17) is 10.5 Å². The number of rotatable bonds is 5. The molecule has 16 heavy (non-hydrogen) atoms. The summed E-state index contributed by atoms with van der Waals surface area (Å²) < 4.78 is 5.76. The summed E-state index contributed by atoms with van der Waals surface area (Å²) in [4.78, 5) is 0. The molecule has 0 unspecified atom stereocenters. The van der Waals surface area contributed by atoms with Crippen LogP contribution >= 0.6 is 0 Å². The highest BCUT2D eigenvalue weighted by atomic mass is 16.5. The van der Waals surface area contributed by atoms with E-state index in [2.05, 4.69) is 5.32 Å². The number of ether oxygens (including phenoxy) is 1. The van der Waals surface area contributed by atoms with Gasteiger partial charge in [0.1, 0.15) is 0 Å². The molecule has 0 heterocycles. The van der Waals surface area contributed by atoms with Gasteiger partial charge in [0.05, 0.1) is 12.7 Å². The van der Waals surface area contributed by atoms with E-state index in [1.807, 2.05) is 24.3 Å². The van der Waals surface area contributed by atoms with Crippen LogP contribution in [0, 0.1) is 0 Å². The van der Waals surface area contributed by atoms with Crippen molar-refractivity contribution in [1.82, 2.24) is 0 Å². The summed E-state index contributed by atoms with van der Waals surface area (Å²) in [6, 6.07) is 7.80. The lowest BCUT2D eigenvalue weighted by molar-refractivity contribution is 0.0659. The molecule has 88 valence electrons. The SMILES string of the molecule is Nc1cccc(NCCOC2CCCC2)c1. The van der Waals surface area contributed by atoms with E-state index < -0.39 is 0 Å². The molecule has 0 aromatic heterocycles. The summed E-state index contributed by atoms with van der Waals surface area (Å²) >= 11 is 0. The van der Waals surface area contributed by atoms with Crippen LogP contribution in [0.1, 0.15) is 25.7 Å². The quantitative estimate of drug-likeness (QED) is 0.592. The van der Waals surface area contributed by atoms with Crippen LogP contribution in [0.4, 0.5) is 11.4 Å². The summed E-state index contributed by atoms with van der Waals surface area (Å²) in [7, 11) is 0. The predicted molar refractivity (Wildman–Crippen MR) is 67.6 cm³/mol. The smallest absolute Gasteiger partial charge is 0.0642 e. The molecule has 3 nitrogen and oxygen atoms in total. The highest BCUT2D eigenvalue weighted by Gasteiger charge is 2.14. The average Bonchev–Trinajstić information content (AvgIpc) is 2.77. The lowest BCUT2D eigenvalue weighted by atomic mass is 10.3. The lowest BCUT2D eigenvalue weighted by Crippen LogP contribution is -2.15. The van der Waals surface area contributed by atoms with Gasteiger partial charge in [-0.3, -0.25) is 0 Å². The second-order valence-corrected chi connectivity index (χ2v) is 4.33. The molecular weight excluding hydrogens is 200 g/mol. The van der Waals surface area contributed by atoms with Crippen LogP contribution < -0.4 is 11.1 Å². The molecule has 0 amide bonds. The fourth-order valence-electron chi connectivity index (χ4n) is 2.12. The Labute approximate surface area is 97.0 Å². The van der Waals surface area contributed by atoms with Crippen molar-refractivity contribution in [1.29, 1.82) is 0 Å². The van der Waals surface area contributed by atoms with Crippen LogP contribution in [0.2, 0.25) is 0 Å². The Morgan fingerprint density at radius 3 is 2.88 bits per heavy atom. The molecule has 1 saturated carbocycles. The zero-order chi connectivity index (χ0) is 11.2. The van der Waals surface area contributed by atoms with Gasteiger partial charge in [0.25, 0.3) is 0 Å². The number of benzene rings is 1. The van der Waals surface area contributed by atoms with Crippen molar-refractivity contribution < 1.29 is 4.74 Å². The highest BCUT2D eigenvalue weighted by molar-refractivity contribution is 5.53. The van der Waals surface area contributed by atoms with E-state index in [-0.39, 0.29) is 0 Å². The van der Waals surface area contributed by atoms with Crippen LogP contribution in [0.25, 0.3) is 0 Å². The molecule has 0 aliphatic heterocycles. The van der Waals surface area contributed by atoms with Gasteiger partial charge in [-0.05, 0) is 31.0 Å². The van der Waals surface area contributed by atoms with E-state index in [9.17, 15) is 0 Å². The minimum Gasteiger partial charge on any atom is -0.399 e. The monoisotopic (exact) mass is 220 g/mol. The third kappa shape index (κ3) is 3.42. The molecule has 0 spiro atoms. The van der Waals surface area contributed by atoms with Crippen molar-refractivity contribution >= 4 is 11.4 Å². The molecule has 3 N–H and O–H groups in total. The second-order valence-electron chi connectivity index (χ2n) is 4.33. The van der Waals surface area contributed by atoms with Crippen molar-refractivity contribution in [3.63, 3.8) is 0 Å². The molecule has 0 bridgehead atoms. The standard InChI is InChI=1S/C13H20N2O/c14-11-4-3-5-12(10-11)15-8-9-16-13-6-1-2-7-13/h3-5,10,13,15H,1-2,6-9,14H2. The molecule has 1 fully saturated rings. The van der Waals surface area contributed by atoms with Crippen LogP contribution in [0.5, 0.6) is 0 Å². The number of hydrogen-bond acceptors (Lipinski definition) is 3. The molecule has 0 saturated heterocycles. The fourth-order valence-corrected chi connectivity index (χ4v) is 2.12. The van der Waals surface area contributed by atoms with Crippen molar-refractivity contribution in [2.75, 3.05) is 24.2 Å². The zero-order valence-electron chi connectivity index (χ0n) is 9.61. The third-order valence-corrected chi connectivity index (χ3v) is 2.97. The van der Waals surface area contributed by atoms with Gasteiger partial charge in [0.15, 0.2) is 0 Å². The number of nitrogens with two attached hydrogens (primary N) is 1. The molecule has 1 aromatic carbocycles. The van der Waals surface area contributed by atoms with E-state index in [1.165, 1.54) is 25.7 Å². The minimum absolute atomic E-state index is 0.502. The van der Waals surface area contributed by atoms with Gasteiger partial charge in [-0.25, -0.2) is 0 Å². The summed E-state index contributed by atoms with van der Waals surface area (Å²) in [5, 5.41) is 3.30. The van der Waals surface area contributed by atoms with E-state index in [1.54, 1.807) is 0 Å². The third-order valence-electron chi connectivity index (χ3n) is 2.97. The van der Waals surface area contributed by atoms with Crippen molar-refractivity contribution in [3.05, 3.63) is 24.3 Å². The van der Waals surface area contributed by atoms with Crippen LogP contribution in [0.3, 0.4) is 0 Å². The summed E-state index contributed by atoms with van der Waals surface area (Å²) in [6.07, 6.45) is 5.62. The highest BCUT2D eigenvalue weighted by Crippen LogP contribution is 2.20. The number of anilines is 2. The molecule has 2 rings (SSSR count). The van der Waals surface area contributed by atoms with Gasteiger partial charge in [-0.1, -0.05) is 18.9 Å². The van der Waals surface area contributed by atoms with Crippen molar-refractivity contribution in [3.8, 4) is 0 Å². The first-order valence-electron chi connectivity index (χ1n) is 6.05. The molecular formula is C13H20N2O. The first kappa shape index (κ1) is 11.3. The lowest BCUT2D eigenvalue weighted by Gasteiger charge is -2.12. The Morgan fingerprint density at radius 1 is 1.31 bits per heavy atom. The first-order valence-corrected chi connectivity index (χ1v) is 6.05. The number of nitrogen functional groups attached to an aromatic ring is 1. The molecule has 1 aromatic rings. The second kappa shape index (κ2) is 5.75. The number of nitrogens with one attached hydrogen (secondary N) is 1. The van der Waals surface area contributed by atoms with Gasteiger partial charge in [-0.2, -0.15) is 0 Å². The van der Waals surface area contributed by atoms with Crippen LogP contribution in [0.15, 0.2) is 24.3 Å². The Bertz CT molecular complexity index is 321. The normalized spacial score (nSPS) is 16.5. The van der Waals surface area contributed by atoms with Crippen LogP contribution in [-0.2, 0) is 4.74 Å². The minimum atomic E-state index is 0.502. The molecule has 0 atom stereocenters. The average molecular weight is 220 g/mol. The van der Waals surface area contributed by atoms with Gasteiger partial charge >= 0.3 is 0 Å². The molecule has 3 heteroatoms. The zero-order valence-corrected chi connectivity index (χ0v) is 9.61. The maximum absolute atomic E-state index is 5.76. The predicted octanol–water partition coefficient (Wildman–Crippen LogP) is 2.64. The van der Waals surface area contributed by atoms with Gasteiger partial charge in [0, 0.05) is 17.9 Å².